The van der Waals surface area contributed by atoms with Crippen molar-refractivity contribution in [3.05, 3.63) is 35.4 Å². The third-order valence-electron chi connectivity index (χ3n) is 4.50. The molecule has 2 unspecified atom stereocenters. The van der Waals surface area contributed by atoms with E-state index in [9.17, 15) is 13.9 Å². The van der Waals surface area contributed by atoms with Crippen molar-refractivity contribution in [2.75, 3.05) is 0 Å². The maximum atomic E-state index is 13.7. The summed E-state index contributed by atoms with van der Waals surface area (Å²) in [4.78, 5) is 0. The first-order valence-corrected chi connectivity index (χ1v) is 7.69. The molecule has 1 saturated carbocycles. The van der Waals surface area contributed by atoms with Gasteiger partial charge in [-0.1, -0.05) is 32.6 Å². The highest BCUT2D eigenvalue weighted by atomic mass is 19.1. The van der Waals surface area contributed by atoms with E-state index >= 15 is 0 Å². The first kappa shape index (κ1) is 15.4. The van der Waals surface area contributed by atoms with E-state index in [1.165, 1.54) is 18.9 Å². The first-order valence-electron chi connectivity index (χ1n) is 7.69. The third kappa shape index (κ3) is 4.02. The number of halogens is 2. The van der Waals surface area contributed by atoms with Gasteiger partial charge in [0, 0.05) is 6.42 Å². The molecule has 1 aromatic rings. The van der Waals surface area contributed by atoms with Crippen LogP contribution in [0.1, 0.15) is 57.4 Å². The van der Waals surface area contributed by atoms with Gasteiger partial charge in [0.05, 0.1) is 5.60 Å². The molecule has 0 aromatic heterocycles. The Balaban J connectivity index is 2.05. The highest BCUT2D eigenvalue weighted by Gasteiger charge is 2.31. The van der Waals surface area contributed by atoms with Gasteiger partial charge >= 0.3 is 0 Å². The zero-order chi connectivity index (χ0) is 14.6. The molecule has 1 aromatic carbocycles. The number of aliphatic hydroxyl groups is 1. The Morgan fingerprint density at radius 3 is 2.80 bits per heavy atom. The second kappa shape index (κ2) is 6.66. The van der Waals surface area contributed by atoms with Crippen LogP contribution in [0.15, 0.2) is 18.2 Å². The second-order valence-corrected chi connectivity index (χ2v) is 6.22. The van der Waals surface area contributed by atoms with E-state index < -0.39 is 17.2 Å². The van der Waals surface area contributed by atoms with Gasteiger partial charge in [0.1, 0.15) is 11.6 Å². The Labute approximate surface area is 120 Å². The third-order valence-corrected chi connectivity index (χ3v) is 4.50. The first-order chi connectivity index (χ1) is 9.52. The molecule has 2 atom stereocenters. The smallest absolute Gasteiger partial charge is 0.126 e. The van der Waals surface area contributed by atoms with Crippen LogP contribution in [0.4, 0.5) is 8.78 Å². The van der Waals surface area contributed by atoms with Crippen LogP contribution in [-0.2, 0) is 6.42 Å². The molecule has 1 aliphatic rings. The fourth-order valence-corrected chi connectivity index (χ4v) is 3.37. The molecule has 0 saturated heterocycles. The topological polar surface area (TPSA) is 20.2 Å². The molecule has 0 amide bonds. The summed E-state index contributed by atoms with van der Waals surface area (Å²) < 4.78 is 26.9. The van der Waals surface area contributed by atoms with Gasteiger partial charge in [0.15, 0.2) is 0 Å². The quantitative estimate of drug-likeness (QED) is 0.799. The van der Waals surface area contributed by atoms with Crippen LogP contribution < -0.4 is 0 Å². The van der Waals surface area contributed by atoms with Gasteiger partial charge in [-0.05, 0) is 48.9 Å². The van der Waals surface area contributed by atoms with Crippen LogP contribution in [0.2, 0.25) is 0 Å². The Kier molecular flexibility index (Phi) is 5.14. The Hall–Kier alpha value is -0.960. The lowest BCUT2D eigenvalue weighted by atomic mass is 9.86. The number of hydrogen-bond donors (Lipinski definition) is 1. The molecule has 1 nitrogen and oxygen atoms in total. The van der Waals surface area contributed by atoms with Crippen molar-refractivity contribution in [3.8, 4) is 0 Å². The molecule has 112 valence electrons. The summed E-state index contributed by atoms with van der Waals surface area (Å²) in [6, 6.07) is 3.47. The molecule has 1 aliphatic carbocycles. The van der Waals surface area contributed by atoms with E-state index in [1.807, 2.05) is 0 Å². The van der Waals surface area contributed by atoms with Gasteiger partial charge in [-0.3, -0.25) is 0 Å². The standard InChI is InChI=1S/C17H24F2O/c1-2-4-13-5-3-9-17(20,10-8-13)12-14-11-15(18)6-7-16(14)19/h6-7,11,13,20H,2-5,8-10,12H2,1H3. The van der Waals surface area contributed by atoms with Crippen LogP contribution in [0.3, 0.4) is 0 Å². The van der Waals surface area contributed by atoms with Crippen molar-refractivity contribution >= 4 is 0 Å². The predicted octanol–water partition coefficient (Wildman–Crippen LogP) is 4.62. The van der Waals surface area contributed by atoms with Crippen LogP contribution in [0, 0.1) is 17.6 Å². The summed E-state index contributed by atoms with van der Waals surface area (Å²) in [6.07, 6.45) is 7.05. The fraction of sp³-hybridized carbons (Fsp3) is 0.647. The molecule has 2 rings (SSSR count). The van der Waals surface area contributed by atoms with E-state index in [0.717, 1.165) is 31.4 Å². The van der Waals surface area contributed by atoms with E-state index in [2.05, 4.69) is 6.92 Å². The zero-order valence-electron chi connectivity index (χ0n) is 12.2. The number of rotatable bonds is 4. The zero-order valence-corrected chi connectivity index (χ0v) is 12.2. The van der Waals surface area contributed by atoms with Gasteiger partial charge in [-0.25, -0.2) is 8.78 Å². The van der Waals surface area contributed by atoms with Gasteiger partial charge in [0.25, 0.3) is 0 Å². The molecule has 20 heavy (non-hydrogen) atoms. The van der Waals surface area contributed by atoms with Crippen molar-refractivity contribution in [2.24, 2.45) is 5.92 Å². The number of benzene rings is 1. The lowest BCUT2D eigenvalue weighted by Crippen LogP contribution is -2.31. The summed E-state index contributed by atoms with van der Waals surface area (Å²) in [5.74, 6) is -0.192. The minimum absolute atomic E-state index is 0.218. The fourth-order valence-electron chi connectivity index (χ4n) is 3.37. The lowest BCUT2D eigenvalue weighted by molar-refractivity contribution is 0.0233. The summed E-state index contributed by atoms with van der Waals surface area (Å²) in [6.45, 7) is 2.18. The normalized spacial score (nSPS) is 27.3. The molecule has 3 heteroatoms. The van der Waals surface area contributed by atoms with Crippen molar-refractivity contribution < 1.29 is 13.9 Å². The van der Waals surface area contributed by atoms with Crippen molar-refractivity contribution in [2.45, 2.75) is 63.9 Å². The maximum Gasteiger partial charge on any atom is 0.126 e. The molecule has 0 heterocycles. The summed E-state index contributed by atoms with van der Waals surface area (Å²) in [5.41, 5.74) is -0.585. The van der Waals surface area contributed by atoms with E-state index in [0.29, 0.717) is 24.3 Å². The molecule has 1 fully saturated rings. The molecule has 0 radical (unpaired) electrons. The van der Waals surface area contributed by atoms with E-state index in [1.54, 1.807) is 0 Å². The monoisotopic (exact) mass is 282 g/mol. The summed E-state index contributed by atoms with van der Waals surface area (Å²) in [7, 11) is 0. The Morgan fingerprint density at radius 2 is 2.05 bits per heavy atom. The molecule has 1 N–H and O–H groups in total. The van der Waals surface area contributed by atoms with Crippen LogP contribution >= 0.6 is 0 Å². The molecule has 0 aliphatic heterocycles. The average Bonchev–Trinajstić information content (AvgIpc) is 2.57. The van der Waals surface area contributed by atoms with Crippen molar-refractivity contribution in [1.82, 2.24) is 0 Å². The van der Waals surface area contributed by atoms with Crippen LogP contribution in [0.5, 0.6) is 0 Å². The predicted molar refractivity (Wildman–Crippen MR) is 76.5 cm³/mol. The molecule has 0 bridgehead atoms. The highest BCUT2D eigenvalue weighted by molar-refractivity contribution is 5.20. The lowest BCUT2D eigenvalue weighted by Gasteiger charge is -2.27. The van der Waals surface area contributed by atoms with Gasteiger partial charge in [0.2, 0.25) is 0 Å². The second-order valence-electron chi connectivity index (χ2n) is 6.22. The largest absolute Gasteiger partial charge is 0.390 e. The molecular formula is C17H24F2O. The van der Waals surface area contributed by atoms with Crippen LogP contribution in [0.25, 0.3) is 0 Å². The maximum absolute atomic E-state index is 13.7. The Bertz CT molecular complexity index is 447. The van der Waals surface area contributed by atoms with Crippen molar-refractivity contribution in [1.29, 1.82) is 0 Å². The molecular weight excluding hydrogens is 258 g/mol. The Morgan fingerprint density at radius 1 is 1.25 bits per heavy atom. The van der Waals surface area contributed by atoms with Gasteiger partial charge in [-0.15, -0.1) is 0 Å². The van der Waals surface area contributed by atoms with Gasteiger partial charge in [-0.2, -0.15) is 0 Å². The van der Waals surface area contributed by atoms with Crippen molar-refractivity contribution in [3.63, 3.8) is 0 Å². The molecule has 0 spiro atoms. The summed E-state index contributed by atoms with van der Waals surface area (Å²) >= 11 is 0. The van der Waals surface area contributed by atoms with Crippen LogP contribution in [-0.4, -0.2) is 10.7 Å². The van der Waals surface area contributed by atoms with Gasteiger partial charge < -0.3 is 5.11 Å². The number of hydrogen-bond acceptors (Lipinski definition) is 1. The highest BCUT2D eigenvalue weighted by Crippen LogP contribution is 2.35. The summed E-state index contributed by atoms with van der Waals surface area (Å²) in [5, 5.41) is 10.7. The minimum Gasteiger partial charge on any atom is -0.390 e. The SMILES string of the molecule is CCCC1CCCC(O)(Cc2cc(F)ccc2F)CC1. The minimum atomic E-state index is -0.878. The van der Waals surface area contributed by atoms with E-state index in [4.69, 9.17) is 0 Å². The van der Waals surface area contributed by atoms with E-state index in [-0.39, 0.29) is 6.42 Å². The average molecular weight is 282 g/mol.